The first kappa shape index (κ1) is 56.3. The lowest BCUT2D eigenvalue weighted by molar-refractivity contribution is -0.298. The molecule has 1 saturated heterocycles. The van der Waals surface area contributed by atoms with Crippen LogP contribution in [0.25, 0.3) is 0 Å². The van der Waals surface area contributed by atoms with Crippen molar-refractivity contribution in [3.05, 3.63) is 36.5 Å². The molecule has 0 aliphatic carbocycles. The highest BCUT2D eigenvalue weighted by molar-refractivity contribution is 7.80. The molecule has 1 aliphatic heterocycles. The molecule has 1 rings (SSSR count). The van der Waals surface area contributed by atoms with Crippen molar-refractivity contribution in [1.29, 1.82) is 0 Å². The Balaban J connectivity index is 2.51. The fraction of sp³-hybridized carbons (Fsp3) is 0.848. The molecule has 0 bridgehead atoms. The second-order valence-electron chi connectivity index (χ2n) is 16.5. The second kappa shape index (κ2) is 36.7. The number of amides is 1. The number of hydrogen-bond donors (Lipinski definition) is 7. The minimum absolute atomic E-state index is 0.236. The maximum Gasteiger partial charge on any atom is 0.397 e. The van der Waals surface area contributed by atoms with Crippen LogP contribution in [0.3, 0.4) is 0 Å². The number of aliphatic hydroxyl groups is 5. The highest BCUT2D eigenvalue weighted by atomic mass is 32.3. The molecule has 8 unspecified atom stereocenters. The normalized spacial score (nSPS) is 21.6. The van der Waals surface area contributed by atoms with Crippen molar-refractivity contribution in [2.24, 2.45) is 0 Å². The summed E-state index contributed by atoms with van der Waals surface area (Å²) in [5, 5.41) is 55.1. The molecule has 0 saturated carbocycles. The van der Waals surface area contributed by atoms with Gasteiger partial charge in [-0.15, -0.1) is 0 Å². The van der Waals surface area contributed by atoms with Gasteiger partial charge in [-0.25, -0.2) is 4.18 Å². The zero-order valence-electron chi connectivity index (χ0n) is 37.1. The van der Waals surface area contributed by atoms with E-state index < -0.39 is 78.5 Å². The zero-order valence-corrected chi connectivity index (χ0v) is 37.9. The number of carbonyl (C=O) groups excluding carboxylic acids is 1. The first-order valence-electron chi connectivity index (χ1n) is 23.5. The number of unbranched alkanes of at least 4 members (excludes halogenated alkanes) is 22. The van der Waals surface area contributed by atoms with Gasteiger partial charge in [-0.05, 0) is 38.5 Å². The summed E-state index contributed by atoms with van der Waals surface area (Å²) >= 11 is 0. The average Bonchev–Trinajstić information content (AvgIpc) is 3.22. The van der Waals surface area contributed by atoms with Crippen LogP contribution in [0.4, 0.5) is 0 Å². The van der Waals surface area contributed by atoms with Crippen LogP contribution in [0, 0.1) is 0 Å². The molecule has 1 fully saturated rings. The van der Waals surface area contributed by atoms with Gasteiger partial charge >= 0.3 is 10.4 Å². The van der Waals surface area contributed by atoms with Crippen LogP contribution in [-0.4, -0.2) is 107 Å². The van der Waals surface area contributed by atoms with Gasteiger partial charge in [-0.1, -0.05) is 185 Å². The molecule has 1 amide bonds. The maximum absolute atomic E-state index is 13.1. The molecule has 1 heterocycles. The van der Waals surface area contributed by atoms with Gasteiger partial charge in [0.15, 0.2) is 6.29 Å². The molecule has 60 heavy (non-hydrogen) atoms. The number of hydrogen-bond acceptors (Lipinski definition) is 11. The third-order valence-corrected chi connectivity index (χ3v) is 11.5. The van der Waals surface area contributed by atoms with Crippen LogP contribution in [0.2, 0.25) is 0 Å². The van der Waals surface area contributed by atoms with Gasteiger partial charge in [0, 0.05) is 0 Å². The number of rotatable bonds is 39. The fourth-order valence-electron chi connectivity index (χ4n) is 7.26. The van der Waals surface area contributed by atoms with Crippen molar-refractivity contribution < 1.29 is 57.0 Å². The van der Waals surface area contributed by atoms with E-state index in [9.17, 15) is 38.7 Å². The van der Waals surface area contributed by atoms with Gasteiger partial charge in [0.05, 0.1) is 25.4 Å². The SMILES string of the molecule is CCC/C=C/CC/C=C/CC/C=C/C(O)C(COC1OC(CO)C(O)C(OS(=O)(=O)O)C1O)NC(=O)C(O)CCCCCCCCCCCCCCCCCCCCCC. The maximum atomic E-state index is 13.1. The van der Waals surface area contributed by atoms with Gasteiger partial charge in [0.1, 0.15) is 30.5 Å². The lowest BCUT2D eigenvalue weighted by Crippen LogP contribution is -2.61. The van der Waals surface area contributed by atoms with E-state index >= 15 is 0 Å². The first-order valence-corrected chi connectivity index (χ1v) is 24.8. The van der Waals surface area contributed by atoms with Crippen LogP contribution in [0.5, 0.6) is 0 Å². The molecule has 1 aliphatic rings. The number of allylic oxidation sites excluding steroid dienone is 5. The Labute approximate surface area is 363 Å². The van der Waals surface area contributed by atoms with Crippen molar-refractivity contribution in [3.63, 3.8) is 0 Å². The van der Waals surface area contributed by atoms with Gasteiger partial charge in [0.25, 0.3) is 0 Å². The molecule has 8 atom stereocenters. The molecular formula is C46H85NO12S. The minimum atomic E-state index is -5.12. The fourth-order valence-corrected chi connectivity index (χ4v) is 7.77. The summed E-state index contributed by atoms with van der Waals surface area (Å²) in [6, 6.07) is -1.14. The van der Waals surface area contributed by atoms with Crippen molar-refractivity contribution >= 4 is 16.3 Å². The van der Waals surface area contributed by atoms with E-state index in [2.05, 4.69) is 47.7 Å². The van der Waals surface area contributed by atoms with Crippen molar-refractivity contribution in [2.75, 3.05) is 13.2 Å². The third-order valence-electron chi connectivity index (χ3n) is 11.0. The summed E-state index contributed by atoms with van der Waals surface area (Å²) in [5.74, 6) is -0.717. The molecule has 352 valence electrons. The summed E-state index contributed by atoms with van der Waals surface area (Å²) in [5.41, 5.74) is 0. The summed E-state index contributed by atoms with van der Waals surface area (Å²) in [6.07, 6.45) is 31.0. The molecule has 0 radical (unpaired) electrons. The first-order chi connectivity index (χ1) is 28.9. The number of ether oxygens (including phenoxy) is 2. The molecule has 0 aromatic heterocycles. The van der Waals surface area contributed by atoms with E-state index in [1.807, 2.05) is 0 Å². The van der Waals surface area contributed by atoms with Crippen molar-refractivity contribution in [2.45, 2.75) is 236 Å². The molecule has 14 heteroatoms. The predicted molar refractivity (Wildman–Crippen MR) is 238 cm³/mol. The van der Waals surface area contributed by atoms with Gasteiger partial charge in [-0.2, -0.15) is 8.42 Å². The largest absolute Gasteiger partial charge is 0.397 e. The molecule has 0 aromatic rings. The Hall–Kier alpha value is -1.72. The Morgan fingerprint density at radius 3 is 1.57 bits per heavy atom. The van der Waals surface area contributed by atoms with Gasteiger partial charge in [-0.3, -0.25) is 9.35 Å². The van der Waals surface area contributed by atoms with Crippen LogP contribution in [-0.2, 0) is 28.9 Å². The van der Waals surface area contributed by atoms with E-state index in [1.165, 1.54) is 109 Å². The molecule has 13 nitrogen and oxygen atoms in total. The van der Waals surface area contributed by atoms with E-state index in [1.54, 1.807) is 6.08 Å². The van der Waals surface area contributed by atoms with Crippen LogP contribution < -0.4 is 5.32 Å². The summed E-state index contributed by atoms with van der Waals surface area (Å²) in [4.78, 5) is 13.1. The molecular weight excluding hydrogens is 791 g/mol. The highest BCUT2D eigenvalue weighted by Gasteiger charge is 2.48. The van der Waals surface area contributed by atoms with Crippen molar-refractivity contribution in [1.82, 2.24) is 5.32 Å². The topological polar surface area (TPSA) is 212 Å². The number of nitrogens with one attached hydrogen (secondary N) is 1. The second-order valence-corrected chi connectivity index (χ2v) is 17.5. The van der Waals surface area contributed by atoms with E-state index in [-0.39, 0.29) is 6.42 Å². The van der Waals surface area contributed by atoms with Crippen LogP contribution >= 0.6 is 0 Å². The number of aliphatic hydroxyl groups excluding tert-OH is 5. The quantitative estimate of drug-likeness (QED) is 0.0178. The van der Waals surface area contributed by atoms with Crippen molar-refractivity contribution in [3.8, 4) is 0 Å². The Bertz CT molecular complexity index is 1230. The van der Waals surface area contributed by atoms with Gasteiger partial charge in [0.2, 0.25) is 5.91 Å². The average molecular weight is 876 g/mol. The highest BCUT2D eigenvalue weighted by Crippen LogP contribution is 2.26. The molecule has 0 aromatic carbocycles. The smallest absolute Gasteiger partial charge is 0.394 e. The lowest BCUT2D eigenvalue weighted by atomic mass is 9.99. The number of carbonyl (C=O) groups is 1. The molecule has 0 spiro atoms. The molecule has 7 N–H and O–H groups in total. The third kappa shape index (κ3) is 28.8. The summed E-state index contributed by atoms with van der Waals surface area (Å²) in [7, 11) is -5.12. The summed E-state index contributed by atoms with van der Waals surface area (Å²) < 4.78 is 47.4. The predicted octanol–water partition coefficient (Wildman–Crippen LogP) is 8.08. The zero-order chi connectivity index (χ0) is 44.3. The van der Waals surface area contributed by atoms with Gasteiger partial charge < -0.3 is 40.3 Å². The van der Waals surface area contributed by atoms with E-state index in [0.717, 1.165) is 51.4 Å². The Kier molecular flexibility index (Phi) is 34.5. The monoisotopic (exact) mass is 876 g/mol. The lowest BCUT2D eigenvalue weighted by Gasteiger charge is -2.41. The van der Waals surface area contributed by atoms with E-state index in [0.29, 0.717) is 12.8 Å². The summed E-state index contributed by atoms with van der Waals surface area (Å²) in [6.45, 7) is 3.11. The van der Waals surface area contributed by atoms with E-state index in [4.69, 9.17) is 14.0 Å². The minimum Gasteiger partial charge on any atom is -0.394 e. The standard InChI is InChI=1S/C46H85NO12S/c1-3-5-7-9-11-13-15-16-17-18-19-20-21-22-23-25-27-29-31-33-35-40(50)45(53)47-38(39(49)34-32-30-28-26-24-14-12-10-8-6-4-2)37-57-46-43(52)44(59-60(54,55)56)42(51)41(36-48)58-46/h8,10,24,26,32,34,38-44,46,48-52H,3-7,9,11-23,25,27-31,33,35-37H2,1-2H3,(H,47,53)(H,54,55,56)/b10-8+,26-24+,34-32+. The Morgan fingerprint density at radius 1 is 0.667 bits per heavy atom. The van der Waals surface area contributed by atoms with Crippen LogP contribution in [0.15, 0.2) is 36.5 Å². The van der Waals surface area contributed by atoms with Crippen LogP contribution in [0.1, 0.15) is 187 Å². The Morgan fingerprint density at radius 2 is 1.12 bits per heavy atom.